The van der Waals surface area contributed by atoms with Gasteiger partial charge in [-0.05, 0) is 24.6 Å². The average Bonchev–Trinajstić information content (AvgIpc) is 2.50. The Kier molecular flexibility index (Phi) is 4.91. The van der Waals surface area contributed by atoms with Crippen LogP contribution in [0.5, 0.6) is 0 Å². The first-order chi connectivity index (χ1) is 10.5. The maximum absolute atomic E-state index is 12.1. The van der Waals surface area contributed by atoms with E-state index in [4.69, 9.17) is 11.6 Å². The van der Waals surface area contributed by atoms with Gasteiger partial charge in [-0.3, -0.25) is 14.9 Å². The highest BCUT2D eigenvalue weighted by atomic mass is 35.5. The van der Waals surface area contributed by atoms with E-state index < -0.39 is 10.8 Å². The molecule has 0 saturated carbocycles. The van der Waals surface area contributed by atoms with Gasteiger partial charge in [0.2, 0.25) is 0 Å². The number of nitrogens with one attached hydrogen (secondary N) is 1. The molecule has 112 valence electrons. The highest BCUT2D eigenvalue weighted by Gasteiger charge is 2.15. The molecule has 2 rings (SSSR count). The molecule has 22 heavy (non-hydrogen) atoms. The van der Waals surface area contributed by atoms with E-state index >= 15 is 0 Å². The lowest BCUT2D eigenvalue weighted by Crippen LogP contribution is -2.12. The lowest BCUT2D eigenvalue weighted by Gasteiger charge is -2.08. The second-order valence-electron chi connectivity index (χ2n) is 4.56. The molecule has 0 bridgehead atoms. The molecule has 0 aliphatic rings. The summed E-state index contributed by atoms with van der Waals surface area (Å²) in [5, 5.41) is 13.5. The van der Waals surface area contributed by atoms with Crippen LogP contribution in [-0.4, -0.2) is 10.8 Å². The summed E-state index contributed by atoms with van der Waals surface area (Å²) in [7, 11) is 0. The van der Waals surface area contributed by atoms with Crippen molar-refractivity contribution in [1.29, 1.82) is 0 Å². The first-order valence-electron chi connectivity index (χ1n) is 6.46. The fourth-order valence-corrected chi connectivity index (χ4v) is 2.07. The van der Waals surface area contributed by atoms with E-state index in [-0.39, 0.29) is 10.7 Å². The molecule has 0 atom stereocenters. The second kappa shape index (κ2) is 6.87. The summed E-state index contributed by atoms with van der Waals surface area (Å²) in [4.78, 5) is 22.5. The molecular weight excluding hydrogens is 304 g/mol. The van der Waals surface area contributed by atoms with E-state index in [1.807, 2.05) is 30.3 Å². The largest absolute Gasteiger partial charge is 0.321 e. The molecule has 0 saturated heterocycles. The van der Waals surface area contributed by atoms with Gasteiger partial charge in [0.25, 0.3) is 11.6 Å². The van der Waals surface area contributed by atoms with Crippen LogP contribution in [0.15, 0.2) is 53.6 Å². The molecule has 0 fully saturated rings. The first kappa shape index (κ1) is 15.7. The lowest BCUT2D eigenvalue weighted by atomic mass is 10.1. The standard InChI is InChI=1S/C16H13ClN2O3/c1-11-14(8-5-9-15(11)19(21)22)18-16(20)13(17)10-12-6-3-2-4-7-12/h2-10H,1H3,(H,18,20)/b13-10-. The van der Waals surface area contributed by atoms with Gasteiger partial charge in [0.15, 0.2) is 0 Å². The highest BCUT2D eigenvalue weighted by Crippen LogP contribution is 2.25. The smallest absolute Gasteiger partial charge is 0.274 e. The summed E-state index contributed by atoms with van der Waals surface area (Å²) < 4.78 is 0. The van der Waals surface area contributed by atoms with Crippen molar-refractivity contribution >= 4 is 35.0 Å². The summed E-state index contributed by atoms with van der Waals surface area (Å²) >= 11 is 5.99. The number of nitro groups is 1. The second-order valence-corrected chi connectivity index (χ2v) is 4.97. The van der Waals surface area contributed by atoms with E-state index in [1.54, 1.807) is 13.0 Å². The zero-order valence-corrected chi connectivity index (χ0v) is 12.5. The van der Waals surface area contributed by atoms with Crippen LogP contribution in [0, 0.1) is 17.0 Å². The van der Waals surface area contributed by atoms with E-state index in [1.165, 1.54) is 18.2 Å². The summed E-state index contributed by atoms with van der Waals surface area (Å²) in [6, 6.07) is 13.6. The topological polar surface area (TPSA) is 72.2 Å². The zero-order valence-electron chi connectivity index (χ0n) is 11.7. The summed E-state index contributed by atoms with van der Waals surface area (Å²) in [6.45, 7) is 1.57. The molecule has 0 radical (unpaired) electrons. The molecule has 6 heteroatoms. The predicted octanol–water partition coefficient (Wildman–Crippen LogP) is 4.12. The van der Waals surface area contributed by atoms with Crippen molar-refractivity contribution in [2.24, 2.45) is 0 Å². The van der Waals surface area contributed by atoms with Gasteiger partial charge >= 0.3 is 0 Å². The first-order valence-corrected chi connectivity index (χ1v) is 6.84. The lowest BCUT2D eigenvalue weighted by molar-refractivity contribution is -0.385. The van der Waals surface area contributed by atoms with Crippen molar-refractivity contribution in [3.63, 3.8) is 0 Å². The van der Waals surface area contributed by atoms with E-state index in [2.05, 4.69) is 5.32 Å². The Bertz CT molecular complexity index is 742. The van der Waals surface area contributed by atoms with Gasteiger partial charge < -0.3 is 5.32 Å². The van der Waals surface area contributed by atoms with Crippen molar-refractivity contribution in [3.05, 3.63) is 74.8 Å². The Morgan fingerprint density at radius 2 is 1.86 bits per heavy atom. The molecule has 0 aromatic heterocycles. The predicted molar refractivity (Wildman–Crippen MR) is 86.7 cm³/mol. The summed E-state index contributed by atoms with van der Waals surface area (Å²) in [5.41, 5.74) is 1.48. The van der Waals surface area contributed by atoms with Crippen LogP contribution in [0.3, 0.4) is 0 Å². The number of halogens is 1. The molecule has 0 aliphatic heterocycles. The molecule has 0 heterocycles. The number of rotatable bonds is 4. The minimum atomic E-state index is -0.519. The van der Waals surface area contributed by atoms with E-state index in [0.717, 1.165) is 5.56 Å². The minimum absolute atomic E-state index is 0.00268. The van der Waals surface area contributed by atoms with Crippen LogP contribution in [0.1, 0.15) is 11.1 Å². The van der Waals surface area contributed by atoms with Gasteiger partial charge in [-0.25, -0.2) is 0 Å². The minimum Gasteiger partial charge on any atom is -0.321 e. The fourth-order valence-electron chi connectivity index (χ4n) is 1.90. The van der Waals surface area contributed by atoms with Crippen molar-refractivity contribution in [1.82, 2.24) is 0 Å². The van der Waals surface area contributed by atoms with E-state index in [9.17, 15) is 14.9 Å². The normalized spacial score (nSPS) is 11.1. The van der Waals surface area contributed by atoms with Gasteiger partial charge in [-0.2, -0.15) is 0 Å². The van der Waals surface area contributed by atoms with Crippen LogP contribution in [-0.2, 0) is 4.79 Å². The van der Waals surface area contributed by atoms with Crippen molar-refractivity contribution in [2.45, 2.75) is 6.92 Å². The fraction of sp³-hybridized carbons (Fsp3) is 0.0625. The molecule has 1 N–H and O–H groups in total. The highest BCUT2D eigenvalue weighted by molar-refractivity contribution is 6.45. The van der Waals surface area contributed by atoms with Gasteiger partial charge in [0.05, 0.1) is 16.2 Å². The Balaban J connectivity index is 2.21. The number of nitrogens with zero attached hydrogens (tertiary/aromatic N) is 1. The van der Waals surface area contributed by atoms with Crippen molar-refractivity contribution in [3.8, 4) is 0 Å². The number of carbonyl (C=O) groups is 1. The van der Waals surface area contributed by atoms with Crippen LogP contribution >= 0.6 is 11.6 Å². The molecule has 0 unspecified atom stereocenters. The number of hydrogen-bond acceptors (Lipinski definition) is 3. The maximum atomic E-state index is 12.1. The summed E-state index contributed by atoms with van der Waals surface area (Å²) in [6.07, 6.45) is 1.53. The van der Waals surface area contributed by atoms with Crippen LogP contribution in [0.25, 0.3) is 6.08 Å². The SMILES string of the molecule is Cc1c(NC(=O)/C(Cl)=C/c2ccccc2)cccc1[N+](=O)[O-]. The number of hydrogen-bond donors (Lipinski definition) is 1. The number of nitro benzene ring substituents is 1. The van der Waals surface area contributed by atoms with Crippen LogP contribution in [0.2, 0.25) is 0 Å². The Hall–Kier alpha value is -2.66. The molecule has 1 amide bonds. The number of benzene rings is 2. The molecule has 5 nitrogen and oxygen atoms in total. The zero-order chi connectivity index (χ0) is 16.1. The quantitative estimate of drug-likeness (QED) is 0.524. The third kappa shape index (κ3) is 3.71. The van der Waals surface area contributed by atoms with Gasteiger partial charge in [-0.15, -0.1) is 0 Å². The average molecular weight is 317 g/mol. The van der Waals surface area contributed by atoms with E-state index in [0.29, 0.717) is 11.3 Å². The number of anilines is 1. The third-order valence-corrected chi connectivity index (χ3v) is 3.34. The monoisotopic (exact) mass is 316 g/mol. The van der Waals surface area contributed by atoms with Gasteiger partial charge in [-0.1, -0.05) is 48.0 Å². The third-order valence-electron chi connectivity index (χ3n) is 3.06. The van der Waals surface area contributed by atoms with Crippen LogP contribution in [0.4, 0.5) is 11.4 Å². The van der Waals surface area contributed by atoms with Crippen molar-refractivity contribution < 1.29 is 9.72 Å². The Morgan fingerprint density at radius 3 is 2.50 bits per heavy atom. The molecule has 0 aliphatic carbocycles. The van der Waals surface area contributed by atoms with Gasteiger partial charge in [0.1, 0.15) is 5.03 Å². The van der Waals surface area contributed by atoms with Crippen LogP contribution < -0.4 is 5.32 Å². The molecule has 2 aromatic carbocycles. The Labute approximate surface area is 132 Å². The molecule has 0 spiro atoms. The number of carbonyl (C=O) groups excluding carboxylic acids is 1. The van der Waals surface area contributed by atoms with Crippen molar-refractivity contribution in [2.75, 3.05) is 5.32 Å². The molecule has 2 aromatic rings. The maximum Gasteiger partial charge on any atom is 0.274 e. The number of amides is 1. The summed E-state index contributed by atoms with van der Waals surface area (Å²) in [5.74, 6) is -0.519. The Morgan fingerprint density at radius 1 is 1.18 bits per heavy atom. The molecular formula is C16H13ClN2O3. The van der Waals surface area contributed by atoms with Gasteiger partial charge in [0, 0.05) is 6.07 Å².